The maximum Gasteiger partial charge on any atom is 0.303 e. The van der Waals surface area contributed by atoms with Gasteiger partial charge in [0.1, 0.15) is 0 Å². The molecule has 3 N–H and O–H groups in total. The fourth-order valence-electron chi connectivity index (χ4n) is 3.65. The molecule has 3 atom stereocenters. The number of carboxylic acid groups (broad SMARTS) is 1. The smallest absolute Gasteiger partial charge is 0.303 e. The molecule has 0 aliphatic heterocycles. The van der Waals surface area contributed by atoms with Gasteiger partial charge in [0.2, 0.25) is 0 Å². The van der Waals surface area contributed by atoms with Gasteiger partial charge in [-0.25, -0.2) is 0 Å². The molecule has 3 nitrogen and oxygen atoms in total. The van der Waals surface area contributed by atoms with Crippen LogP contribution in [0.4, 0.5) is 0 Å². The van der Waals surface area contributed by atoms with Crippen molar-refractivity contribution in [3.63, 3.8) is 0 Å². The number of carbonyl (C=O) groups is 1. The van der Waals surface area contributed by atoms with Crippen molar-refractivity contribution in [2.75, 3.05) is 6.54 Å². The minimum Gasteiger partial charge on any atom is -0.481 e. The maximum atomic E-state index is 10.9. The maximum absolute atomic E-state index is 10.9. The van der Waals surface area contributed by atoms with Gasteiger partial charge in [0, 0.05) is 0 Å². The second kappa shape index (κ2) is 4.12. The van der Waals surface area contributed by atoms with Crippen LogP contribution < -0.4 is 5.73 Å². The summed E-state index contributed by atoms with van der Waals surface area (Å²) in [6.45, 7) is 0.544. The molecule has 0 saturated heterocycles. The van der Waals surface area contributed by atoms with Crippen molar-refractivity contribution >= 4 is 5.97 Å². The van der Waals surface area contributed by atoms with E-state index < -0.39 is 5.97 Å². The zero-order valence-corrected chi connectivity index (χ0v) is 9.24. The normalized spacial score (nSPS) is 40.1. The summed E-state index contributed by atoms with van der Waals surface area (Å²) >= 11 is 0. The Morgan fingerprint density at radius 3 is 2.73 bits per heavy atom. The number of fused-ring (bicyclic) bond motifs is 1. The summed E-state index contributed by atoms with van der Waals surface area (Å²) in [5, 5.41) is 8.95. The fraction of sp³-hybridized carbons (Fsp3) is 0.917. The molecule has 2 aliphatic rings. The molecule has 2 saturated carbocycles. The summed E-state index contributed by atoms with van der Waals surface area (Å²) in [6.07, 6.45) is 7.55. The van der Waals surface area contributed by atoms with Crippen molar-refractivity contribution in [1.82, 2.24) is 0 Å². The average molecular weight is 211 g/mol. The molecule has 2 aliphatic carbocycles. The first-order valence-corrected chi connectivity index (χ1v) is 6.07. The first-order chi connectivity index (χ1) is 7.15. The van der Waals surface area contributed by atoms with Crippen molar-refractivity contribution < 1.29 is 9.90 Å². The van der Waals surface area contributed by atoms with E-state index in [4.69, 9.17) is 10.8 Å². The van der Waals surface area contributed by atoms with E-state index in [1.165, 1.54) is 25.7 Å². The largest absolute Gasteiger partial charge is 0.481 e. The zero-order chi connectivity index (χ0) is 10.9. The predicted molar refractivity (Wildman–Crippen MR) is 58.4 cm³/mol. The Labute approximate surface area is 91.0 Å². The highest BCUT2D eigenvalue weighted by Crippen LogP contribution is 2.50. The highest BCUT2D eigenvalue weighted by molar-refractivity contribution is 5.67. The third-order valence-corrected chi connectivity index (χ3v) is 4.52. The molecule has 86 valence electrons. The van der Waals surface area contributed by atoms with E-state index in [1.54, 1.807) is 0 Å². The van der Waals surface area contributed by atoms with Crippen LogP contribution in [0.2, 0.25) is 0 Å². The van der Waals surface area contributed by atoms with Crippen molar-refractivity contribution in [3.8, 4) is 0 Å². The fourth-order valence-corrected chi connectivity index (χ4v) is 3.65. The van der Waals surface area contributed by atoms with Crippen LogP contribution in [0.25, 0.3) is 0 Å². The molecule has 0 amide bonds. The molecule has 0 aromatic heterocycles. The third-order valence-electron chi connectivity index (χ3n) is 4.52. The number of aliphatic carboxylic acids is 1. The minimum absolute atomic E-state index is 0.0860. The van der Waals surface area contributed by atoms with Crippen LogP contribution in [-0.4, -0.2) is 17.6 Å². The number of hydrogen-bond acceptors (Lipinski definition) is 2. The van der Waals surface area contributed by atoms with E-state index >= 15 is 0 Å². The monoisotopic (exact) mass is 211 g/mol. The van der Waals surface area contributed by atoms with Gasteiger partial charge in [0.25, 0.3) is 0 Å². The van der Waals surface area contributed by atoms with Crippen molar-refractivity contribution in [1.29, 1.82) is 0 Å². The third kappa shape index (κ3) is 2.17. The molecular formula is C12H21NO2. The van der Waals surface area contributed by atoms with E-state index in [9.17, 15) is 4.79 Å². The molecule has 0 aromatic carbocycles. The Morgan fingerprint density at radius 1 is 1.33 bits per heavy atom. The van der Waals surface area contributed by atoms with E-state index in [0.717, 1.165) is 24.7 Å². The van der Waals surface area contributed by atoms with Gasteiger partial charge in [-0.2, -0.15) is 0 Å². The standard InChI is InChI=1S/C12H21NO2/c13-8-12(7-11(14)15)5-4-9-2-1-3-10(9)6-12/h9-10H,1-8,13H2,(H,14,15). The van der Waals surface area contributed by atoms with Crippen molar-refractivity contribution in [2.45, 2.75) is 44.9 Å². The number of nitrogens with two attached hydrogens (primary N) is 1. The van der Waals surface area contributed by atoms with Crippen LogP contribution in [0.5, 0.6) is 0 Å². The number of carboxylic acids is 1. The molecule has 0 aromatic rings. The first kappa shape index (κ1) is 10.9. The Kier molecular flexibility index (Phi) is 3.01. The Bertz CT molecular complexity index is 254. The van der Waals surface area contributed by atoms with Crippen LogP contribution in [0, 0.1) is 17.3 Å². The van der Waals surface area contributed by atoms with Crippen LogP contribution in [0.15, 0.2) is 0 Å². The molecule has 2 fully saturated rings. The molecule has 3 unspecified atom stereocenters. The molecule has 0 spiro atoms. The van der Waals surface area contributed by atoms with Gasteiger partial charge in [0.05, 0.1) is 6.42 Å². The predicted octanol–water partition coefficient (Wildman–Crippen LogP) is 2.01. The lowest BCUT2D eigenvalue weighted by molar-refractivity contribution is -0.140. The first-order valence-electron chi connectivity index (χ1n) is 6.07. The average Bonchev–Trinajstić information content (AvgIpc) is 2.63. The molecule has 0 heterocycles. The van der Waals surface area contributed by atoms with Gasteiger partial charge in [-0.3, -0.25) is 4.79 Å². The SMILES string of the molecule is NCC1(CC(=O)O)CCC2CCCC2C1. The Balaban J connectivity index is 2.04. The molecule has 3 heteroatoms. The van der Waals surface area contributed by atoms with Gasteiger partial charge in [-0.15, -0.1) is 0 Å². The van der Waals surface area contributed by atoms with Crippen LogP contribution >= 0.6 is 0 Å². The molecular weight excluding hydrogens is 190 g/mol. The Morgan fingerprint density at radius 2 is 2.07 bits per heavy atom. The van der Waals surface area contributed by atoms with Gasteiger partial charge in [-0.05, 0) is 43.1 Å². The highest BCUT2D eigenvalue weighted by Gasteiger charge is 2.42. The molecule has 0 radical (unpaired) electrons. The highest BCUT2D eigenvalue weighted by atomic mass is 16.4. The van der Waals surface area contributed by atoms with Crippen LogP contribution in [0.1, 0.15) is 44.9 Å². The summed E-state index contributed by atoms with van der Waals surface area (Å²) in [6, 6.07) is 0. The summed E-state index contributed by atoms with van der Waals surface area (Å²) in [4.78, 5) is 10.9. The van der Waals surface area contributed by atoms with Crippen molar-refractivity contribution in [2.24, 2.45) is 23.0 Å². The lowest BCUT2D eigenvalue weighted by Gasteiger charge is -2.41. The summed E-state index contributed by atoms with van der Waals surface area (Å²) < 4.78 is 0. The topological polar surface area (TPSA) is 63.3 Å². The number of hydrogen-bond donors (Lipinski definition) is 2. The molecule has 15 heavy (non-hydrogen) atoms. The van der Waals surface area contributed by atoms with Gasteiger partial charge < -0.3 is 10.8 Å². The molecule has 2 rings (SSSR count). The quantitative estimate of drug-likeness (QED) is 0.750. The summed E-state index contributed by atoms with van der Waals surface area (Å²) in [5.41, 5.74) is 5.72. The lowest BCUT2D eigenvalue weighted by atomic mass is 9.65. The number of rotatable bonds is 3. The van der Waals surface area contributed by atoms with E-state index in [0.29, 0.717) is 6.54 Å². The summed E-state index contributed by atoms with van der Waals surface area (Å²) in [7, 11) is 0. The Hall–Kier alpha value is -0.570. The summed E-state index contributed by atoms with van der Waals surface area (Å²) in [5.74, 6) is 0.956. The van der Waals surface area contributed by atoms with Gasteiger partial charge >= 0.3 is 5.97 Å². The van der Waals surface area contributed by atoms with Gasteiger partial charge in [0.15, 0.2) is 0 Å². The second-order valence-corrected chi connectivity index (χ2v) is 5.47. The zero-order valence-electron chi connectivity index (χ0n) is 9.24. The van der Waals surface area contributed by atoms with E-state index in [-0.39, 0.29) is 11.8 Å². The van der Waals surface area contributed by atoms with E-state index in [1.807, 2.05) is 0 Å². The molecule has 0 bridgehead atoms. The van der Waals surface area contributed by atoms with E-state index in [2.05, 4.69) is 0 Å². The van der Waals surface area contributed by atoms with Crippen LogP contribution in [-0.2, 0) is 4.79 Å². The minimum atomic E-state index is -0.683. The van der Waals surface area contributed by atoms with Crippen LogP contribution in [0.3, 0.4) is 0 Å². The lowest BCUT2D eigenvalue weighted by Crippen LogP contribution is -2.39. The van der Waals surface area contributed by atoms with Gasteiger partial charge in [-0.1, -0.05) is 19.3 Å². The second-order valence-electron chi connectivity index (χ2n) is 5.47. The van der Waals surface area contributed by atoms with Crippen molar-refractivity contribution in [3.05, 3.63) is 0 Å².